The number of aliphatic hydroxyl groups is 10. The van der Waals surface area contributed by atoms with Crippen molar-refractivity contribution < 1.29 is 90.7 Å². The van der Waals surface area contributed by atoms with Crippen LogP contribution in [0.3, 0.4) is 0 Å². The van der Waals surface area contributed by atoms with Gasteiger partial charge in [-0.1, -0.05) is 0 Å². The van der Waals surface area contributed by atoms with Gasteiger partial charge in [-0.15, -0.1) is 0 Å². The van der Waals surface area contributed by atoms with Crippen molar-refractivity contribution in [1.82, 2.24) is 0 Å². The monoisotopic (exact) mass is 564 g/mol. The van der Waals surface area contributed by atoms with Gasteiger partial charge in [0, 0.05) is 13.1 Å². The fraction of sp³-hybridized carbons (Fsp3) is 0.750. The minimum atomic E-state index is -2.20. The molecule has 0 aliphatic rings. The molecule has 0 aliphatic carbocycles. The van der Waals surface area contributed by atoms with Crippen LogP contribution in [0.2, 0.25) is 0 Å². The number of carboxylic acids is 4. The molecular formula is C16H32MgN2O18. The van der Waals surface area contributed by atoms with Crippen LogP contribution in [0.4, 0.5) is 0 Å². The first-order valence-corrected chi connectivity index (χ1v) is 9.29. The zero-order chi connectivity index (χ0) is 29.8. The van der Waals surface area contributed by atoms with Gasteiger partial charge in [-0.3, -0.25) is 0 Å². The van der Waals surface area contributed by atoms with Crippen LogP contribution >= 0.6 is 0 Å². The summed E-state index contributed by atoms with van der Waals surface area (Å²) in [6.07, 6.45) is -15.7. The Balaban J connectivity index is -0.000000133. The third kappa shape index (κ3) is 24.3. The number of carbonyl (C=O) groups excluding carboxylic acids is 2. The van der Waals surface area contributed by atoms with E-state index in [0.717, 1.165) is 0 Å². The molecule has 8 atom stereocenters. The van der Waals surface area contributed by atoms with E-state index in [4.69, 9.17) is 81.1 Å². The van der Waals surface area contributed by atoms with Crippen molar-refractivity contribution in [2.75, 3.05) is 26.3 Å². The molecule has 0 aromatic heterocycles. The maximum atomic E-state index is 10.1. The standard InChI is InChI=1S/2C6H12O7.2C2H5NO2.Mg/c2*7-1-2(8)3(9)4(10)5(11)6(12)13;2*3-1-2(4)5;/h2*2-5,7-11H,1H2,(H,12,13);2*1,3H2,(H,4,5);/q;;;;+2/p-2/t2*2-,3-,4+,5-;;;/m11.../s1. The summed E-state index contributed by atoms with van der Waals surface area (Å²) in [7, 11) is 0. The molecule has 20 nitrogen and oxygen atoms in total. The number of hydrogen-bond acceptors (Lipinski definition) is 18. The first-order valence-electron chi connectivity index (χ1n) is 9.29. The Morgan fingerprint density at radius 2 is 0.757 bits per heavy atom. The molecule has 21 heteroatoms. The Hall–Kier alpha value is -1.83. The number of carboxylic acid groups (broad SMARTS) is 4. The normalized spacial score (nSPS) is 16.3. The fourth-order valence-corrected chi connectivity index (χ4v) is 1.34. The van der Waals surface area contributed by atoms with Crippen LogP contribution in [-0.4, -0.2) is 183 Å². The first-order chi connectivity index (χ1) is 16.4. The van der Waals surface area contributed by atoms with Crippen molar-refractivity contribution in [3.63, 3.8) is 0 Å². The number of nitrogens with two attached hydrogens (primary N) is 2. The quantitative estimate of drug-likeness (QED) is 0.0977. The zero-order valence-electron chi connectivity index (χ0n) is 19.1. The molecule has 0 aromatic carbocycles. The molecule has 216 valence electrons. The number of hydrogen-bond donors (Lipinski definition) is 14. The molecule has 0 bridgehead atoms. The predicted octanol–water partition coefficient (Wildman–Crippen LogP) is -12.0. The molecule has 0 radical (unpaired) electrons. The van der Waals surface area contributed by atoms with Gasteiger partial charge < -0.3 is 92.5 Å². The number of carbonyl (C=O) groups is 4. The van der Waals surface area contributed by atoms with Gasteiger partial charge in [0.2, 0.25) is 0 Å². The van der Waals surface area contributed by atoms with Gasteiger partial charge in [0.25, 0.3) is 0 Å². The molecular weight excluding hydrogens is 532 g/mol. The smallest absolute Gasteiger partial charge is 0.549 e. The fourth-order valence-electron chi connectivity index (χ4n) is 1.34. The second-order valence-corrected chi connectivity index (χ2v) is 6.18. The van der Waals surface area contributed by atoms with Crippen LogP contribution in [0.25, 0.3) is 0 Å². The molecule has 0 fully saturated rings. The van der Waals surface area contributed by atoms with Crippen molar-refractivity contribution >= 4 is 46.9 Å². The molecule has 37 heavy (non-hydrogen) atoms. The minimum Gasteiger partial charge on any atom is -0.549 e. The molecule has 0 spiro atoms. The van der Waals surface area contributed by atoms with E-state index in [2.05, 4.69) is 11.5 Å². The van der Waals surface area contributed by atoms with Crippen molar-refractivity contribution in [2.45, 2.75) is 48.8 Å². The maximum Gasteiger partial charge on any atom is 2.00 e. The van der Waals surface area contributed by atoms with Gasteiger partial charge in [0.1, 0.15) is 36.6 Å². The molecule has 0 saturated heterocycles. The van der Waals surface area contributed by atoms with E-state index in [9.17, 15) is 9.59 Å². The SMILES string of the molecule is NCC(=O)[O-].NCC(=O)[O-].O=C(O)[C@H](O)[C@@H](O)[C@H](O)[C@H](O)CO.O=C(O)[C@H](O)[C@@H](O)[C@H](O)[C@H](O)CO.[Mg+2]. The van der Waals surface area contributed by atoms with E-state index in [0.29, 0.717) is 0 Å². The summed E-state index contributed by atoms with van der Waals surface area (Å²) in [6.45, 7) is -2.46. The second kappa shape index (κ2) is 25.8. The Morgan fingerprint density at radius 1 is 0.568 bits per heavy atom. The van der Waals surface area contributed by atoms with Gasteiger partial charge in [0.15, 0.2) is 12.2 Å². The molecule has 0 saturated carbocycles. The topological polar surface area (TPSA) is 409 Å². The van der Waals surface area contributed by atoms with E-state index < -0.39 is 85.9 Å². The van der Waals surface area contributed by atoms with Crippen molar-refractivity contribution in [1.29, 1.82) is 0 Å². The molecule has 0 rings (SSSR count). The average Bonchev–Trinajstić information content (AvgIpc) is 2.85. The predicted molar refractivity (Wildman–Crippen MR) is 111 cm³/mol. The summed E-state index contributed by atoms with van der Waals surface area (Å²) in [5.74, 6) is -5.89. The maximum absolute atomic E-state index is 10.1. The van der Waals surface area contributed by atoms with E-state index in [1.54, 1.807) is 0 Å². The van der Waals surface area contributed by atoms with Gasteiger partial charge in [-0.25, -0.2) is 9.59 Å². The van der Waals surface area contributed by atoms with E-state index in [1.165, 1.54) is 0 Å². The molecule has 0 aromatic rings. The number of aliphatic carboxylic acids is 4. The molecule has 0 heterocycles. The largest absolute Gasteiger partial charge is 2.00 e. The van der Waals surface area contributed by atoms with Gasteiger partial charge in [0.05, 0.1) is 25.2 Å². The van der Waals surface area contributed by atoms with Gasteiger partial charge in [-0.2, -0.15) is 0 Å². The number of aliphatic hydroxyl groups excluding tert-OH is 10. The van der Waals surface area contributed by atoms with Crippen LogP contribution < -0.4 is 21.7 Å². The van der Waals surface area contributed by atoms with Gasteiger partial charge in [-0.05, 0) is 0 Å². The summed E-state index contributed by atoms with van der Waals surface area (Å²) in [6, 6.07) is 0. The first kappa shape index (κ1) is 45.1. The Morgan fingerprint density at radius 3 is 0.865 bits per heavy atom. The van der Waals surface area contributed by atoms with Crippen LogP contribution in [-0.2, 0) is 19.2 Å². The summed E-state index contributed by atoms with van der Waals surface area (Å²) >= 11 is 0. The van der Waals surface area contributed by atoms with Crippen LogP contribution in [0.15, 0.2) is 0 Å². The second-order valence-electron chi connectivity index (χ2n) is 6.18. The number of rotatable bonds is 12. The van der Waals surface area contributed by atoms with Crippen molar-refractivity contribution in [2.24, 2.45) is 11.5 Å². The Kier molecular flexibility index (Phi) is 31.5. The van der Waals surface area contributed by atoms with Crippen molar-refractivity contribution in [3.8, 4) is 0 Å². The third-order valence-corrected chi connectivity index (χ3v) is 3.35. The van der Waals surface area contributed by atoms with E-state index in [1.807, 2.05) is 0 Å². The zero-order valence-corrected chi connectivity index (χ0v) is 20.5. The van der Waals surface area contributed by atoms with Crippen LogP contribution in [0.5, 0.6) is 0 Å². The minimum absolute atomic E-state index is 0. The summed E-state index contributed by atoms with van der Waals surface area (Å²) in [4.78, 5) is 38.4. The molecule has 16 N–H and O–H groups in total. The third-order valence-electron chi connectivity index (χ3n) is 3.35. The summed E-state index contributed by atoms with van der Waals surface area (Å²) in [5, 5.41) is 122. The van der Waals surface area contributed by atoms with Gasteiger partial charge >= 0.3 is 35.0 Å². The van der Waals surface area contributed by atoms with Crippen LogP contribution in [0.1, 0.15) is 0 Å². The Labute approximate surface area is 224 Å². The summed E-state index contributed by atoms with van der Waals surface area (Å²) in [5.41, 5.74) is 9.02. The van der Waals surface area contributed by atoms with E-state index in [-0.39, 0.29) is 36.1 Å². The average molecular weight is 565 g/mol. The Bertz CT molecular complexity index is 577. The molecule has 0 amide bonds. The van der Waals surface area contributed by atoms with Crippen LogP contribution in [0, 0.1) is 0 Å². The summed E-state index contributed by atoms with van der Waals surface area (Å²) < 4.78 is 0. The molecule has 0 aliphatic heterocycles. The van der Waals surface area contributed by atoms with E-state index >= 15 is 0 Å². The molecule has 0 unspecified atom stereocenters. The van der Waals surface area contributed by atoms with Crippen molar-refractivity contribution in [3.05, 3.63) is 0 Å².